The first-order valence-corrected chi connectivity index (χ1v) is 6.94. The van der Waals surface area contributed by atoms with Gasteiger partial charge in [0.15, 0.2) is 0 Å². The smallest absolute Gasteiger partial charge is 0.226 e. The summed E-state index contributed by atoms with van der Waals surface area (Å²) in [7, 11) is 0. The number of pyridine rings is 1. The van der Waals surface area contributed by atoms with Crippen LogP contribution in [-0.2, 0) is 11.2 Å². The number of carbonyl (C=O) groups is 1. The summed E-state index contributed by atoms with van der Waals surface area (Å²) in [6, 6.07) is 5.63. The van der Waals surface area contributed by atoms with Crippen LogP contribution in [0.15, 0.2) is 24.4 Å². The highest BCUT2D eigenvalue weighted by Crippen LogP contribution is 1.96. The number of rotatable bonds is 6. The third-order valence-corrected chi connectivity index (χ3v) is 3.25. The molecule has 0 bridgehead atoms. The minimum Gasteiger partial charge on any atom is -0.356 e. The van der Waals surface area contributed by atoms with Gasteiger partial charge in [0.2, 0.25) is 5.91 Å². The lowest BCUT2D eigenvalue weighted by Gasteiger charge is -2.27. The van der Waals surface area contributed by atoms with E-state index in [1.165, 1.54) is 0 Å². The molecule has 5 nitrogen and oxygen atoms in total. The second kappa shape index (κ2) is 7.86. The molecule has 1 aromatic heterocycles. The van der Waals surface area contributed by atoms with Crippen molar-refractivity contribution in [2.45, 2.75) is 12.8 Å². The van der Waals surface area contributed by atoms with Gasteiger partial charge in [0.25, 0.3) is 0 Å². The van der Waals surface area contributed by atoms with E-state index in [4.69, 9.17) is 0 Å². The van der Waals surface area contributed by atoms with Gasteiger partial charge in [-0.25, -0.2) is 0 Å². The lowest BCUT2D eigenvalue weighted by Crippen LogP contribution is -2.44. The highest BCUT2D eigenvalue weighted by Gasteiger charge is 2.09. The lowest BCUT2D eigenvalue weighted by molar-refractivity contribution is -0.120. The zero-order chi connectivity index (χ0) is 13.3. The molecule has 0 saturated carbocycles. The Morgan fingerprint density at radius 2 is 2.21 bits per heavy atom. The Kier molecular flexibility index (Phi) is 5.78. The summed E-state index contributed by atoms with van der Waals surface area (Å²) >= 11 is 0. The fourth-order valence-electron chi connectivity index (χ4n) is 2.19. The Morgan fingerprint density at radius 3 is 2.95 bits per heavy atom. The van der Waals surface area contributed by atoms with Crippen LogP contribution in [0.4, 0.5) is 0 Å². The predicted octanol–water partition coefficient (Wildman–Crippen LogP) is 0.0356. The van der Waals surface area contributed by atoms with Crippen LogP contribution in [0, 0.1) is 0 Å². The first kappa shape index (κ1) is 14.0. The van der Waals surface area contributed by atoms with Crippen LogP contribution in [0.25, 0.3) is 0 Å². The molecule has 104 valence electrons. The van der Waals surface area contributed by atoms with E-state index in [0.717, 1.165) is 51.4 Å². The molecular formula is C14H22N4O. The second-order valence-electron chi connectivity index (χ2n) is 4.79. The van der Waals surface area contributed by atoms with Crippen molar-refractivity contribution in [1.82, 2.24) is 20.5 Å². The van der Waals surface area contributed by atoms with E-state index in [2.05, 4.69) is 20.5 Å². The highest BCUT2D eigenvalue weighted by molar-refractivity contribution is 5.77. The van der Waals surface area contributed by atoms with Gasteiger partial charge in [0, 0.05) is 44.6 Å². The summed E-state index contributed by atoms with van der Waals surface area (Å²) in [4.78, 5) is 18.3. The van der Waals surface area contributed by atoms with Gasteiger partial charge in [-0.15, -0.1) is 0 Å². The summed E-state index contributed by atoms with van der Waals surface area (Å²) in [6.07, 6.45) is 3.09. The maximum Gasteiger partial charge on any atom is 0.226 e. The van der Waals surface area contributed by atoms with Crippen LogP contribution in [0.2, 0.25) is 0 Å². The molecule has 1 saturated heterocycles. The van der Waals surface area contributed by atoms with Gasteiger partial charge >= 0.3 is 0 Å². The van der Waals surface area contributed by atoms with Crippen LogP contribution in [0.3, 0.4) is 0 Å². The number of nitrogens with zero attached hydrogens (tertiary/aromatic N) is 2. The Bertz CT molecular complexity index is 376. The van der Waals surface area contributed by atoms with E-state index in [9.17, 15) is 4.79 Å². The van der Waals surface area contributed by atoms with E-state index in [-0.39, 0.29) is 5.91 Å². The van der Waals surface area contributed by atoms with Crippen molar-refractivity contribution < 1.29 is 4.79 Å². The summed E-state index contributed by atoms with van der Waals surface area (Å²) in [5.74, 6) is 0.0546. The molecule has 0 unspecified atom stereocenters. The van der Waals surface area contributed by atoms with Crippen LogP contribution < -0.4 is 10.6 Å². The molecule has 0 spiro atoms. The van der Waals surface area contributed by atoms with Crippen molar-refractivity contribution in [2.24, 2.45) is 0 Å². The van der Waals surface area contributed by atoms with E-state index < -0.39 is 0 Å². The summed E-state index contributed by atoms with van der Waals surface area (Å²) < 4.78 is 0. The Morgan fingerprint density at radius 1 is 1.37 bits per heavy atom. The van der Waals surface area contributed by atoms with Gasteiger partial charge in [-0.1, -0.05) is 6.07 Å². The maximum absolute atomic E-state index is 11.7. The number of carbonyl (C=O) groups excluding carboxylic acids is 1. The molecule has 1 aliphatic heterocycles. The van der Waals surface area contributed by atoms with Crippen molar-refractivity contribution in [3.8, 4) is 0 Å². The Hall–Kier alpha value is -1.46. The molecule has 2 heterocycles. The van der Waals surface area contributed by atoms with Crippen molar-refractivity contribution in [1.29, 1.82) is 0 Å². The summed E-state index contributed by atoms with van der Waals surface area (Å²) in [5.41, 5.74) is 0.821. The van der Waals surface area contributed by atoms with Gasteiger partial charge in [0.05, 0.1) is 6.42 Å². The average molecular weight is 262 g/mol. The van der Waals surface area contributed by atoms with Crippen molar-refractivity contribution in [2.75, 3.05) is 39.3 Å². The minimum atomic E-state index is 0.0546. The molecule has 0 aromatic carbocycles. The molecule has 1 aliphatic rings. The topological polar surface area (TPSA) is 57.3 Å². The van der Waals surface area contributed by atoms with E-state index in [1.807, 2.05) is 18.2 Å². The maximum atomic E-state index is 11.7. The molecule has 0 atom stereocenters. The SMILES string of the molecule is O=C(Cc1ccccn1)NCCCN1CCNCC1. The number of amides is 1. The number of aromatic nitrogens is 1. The third kappa shape index (κ3) is 5.36. The molecule has 0 radical (unpaired) electrons. The van der Waals surface area contributed by atoms with Crippen molar-refractivity contribution >= 4 is 5.91 Å². The molecule has 1 aromatic rings. The Labute approximate surface area is 114 Å². The van der Waals surface area contributed by atoms with E-state index in [1.54, 1.807) is 6.20 Å². The molecule has 5 heteroatoms. The first-order chi connectivity index (χ1) is 9.34. The van der Waals surface area contributed by atoms with Gasteiger partial charge in [-0.3, -0.25) is 9.78 Å². The molecule has 1 fully saturated rings. The quantitative estimate of drug-likeness (QED) is 0.711. The monoisotopic (exact) mass is 262 g/mol. The average Bonchev–Trinajstić information content (AvgIpc) is 2.46. The van der Waals surface area contributed by atoms with Crippen molar-refractivity contribution in [3.05, 3.63) is 30.1 Å². The van der Waals surface area contributed by atoms with Crippen LogP contribution in [-0.4, -0.2) is 55.1 Å². The number of piperazine rings is 1. The molecular weight excluding hydrogens is 240 g/mol. The standard InChI is InChI=1S/C14H22N4O/c19-14(12-13-4-1-2-5-16-13)17-6-3-9-18-10-7-15-8-11-18/h1-2,4-5,15H,3,6-12H2,(H,17,19). The van der Waals surface area contributed by atoms with Crippen LogP contribution >= 0.6 is 0 Å². The number of hydrogen-bond donors (Lipinski definition) is 2. The molecule has 1 amide bonds. The van der Waals surface area contributed by atoms with Gasteiger partial charge in [-0.2, -0.15) is 0 Å². The zero-order valence-electron chi connectivity index (χ0n) is 11.3. The third-order valence-electron chi connectivity index (χ3n) is 3.25. The van der Waals surface area contributed by atoms with Gasteiger partial charge in [0.1, 0.15) is 0 Å². The Balaban J connectivity index is 1.56. The van der Waals surface area contributed by atoms with Crippen LogP contribution in [0.5, 0.6) is 0 Å². The second-order valence-corrected chi connectivity index (χ2v) is 4.79. The van der Waals surface area contributed by atoms with E-state index >= 15 is 0 Å². The lowest BCUT2D eigenvalue weighted by atomic mass is 10.2. The van der Waals surface area contributed by atoms with Gasteiger partial charge in [-0.05, 0) is 25.1 Å². The van der Waals surface area contributed by atoms with E-state index in [0.29, 0.717) is 6.42 Å². The summed E-state index contributed by atoms with van der Waals surface area (Å²) in [6.45, 7) is 6.18. The predicted molar refractivity (Wildman–Crippen MR) is 74.9 cm³/mol. The fourth-order valence-corrected chi connectivity index (χ4v) is 2.19. The van der Waals surface area contributed by atoms with Crippen LogP contribution in [0.1, 0.15) is 12.1 Å². The van der Waals surface area contributed by atoms with Gasteiger partial charge < -0.3 is 15.5 Å². The zero-order valence-corrected chi connectivity index (χ0v) is 11.3. The highest BCUT2D eigenvalue weighted by atomic mass is 16.1. The normalized spacial score (nSPS) is 16.2. The molecule has 2 rings (SSSR count). The molecule has 2 N–H and O–H groups in total. The number of nitrogens with one attached hydrogen (secondary N) is 2. The molecule has 0 aliphatic carbocycles. The summed E-state index contributed by atoms with van der Waals surface area (Å²) in [5, 5.41) is 6.28. The van der Waals surface area contributed by atoms with Crippen molar-refractivity contribution in [3.63, 3.8) is 0 Å². The fraction of sp³-hybridized carbons (Fsp3) is 0.571. The largest absolute Gasteiger partial charge is 0.356 e. The first-order valence-electron chi connectivity index (χ1n) is 6.94. The number of hydrogen-bond acceptors (Lipinski definition) is 4. The molecule has 19 heavy (non-hydrogen) atoms. The minimum absolute atomic E-state index is 0.0546.